The number of thioether (sulfide) groups is 1. The molecule has 0 fully saturated rings. The lowest BCUT2D eigenvalue weighted by molar-refractivity contribution is 0.0993. The zero-order valence-electron chi connectivity index (χ0n) is 15.3. The van der Waals surface area contributed by atoms with Gasteiger partial charge in [0.25, 0.3) is 11.1 Å². The molecule has 0 N–H and O–H groups in total. The van der Waals surface area contributed by atoms with Gasteiger partial charge in [0, 0.05) is 5.56 Å². The Kier molecular flexibility index (Phi) is 6.13. The quantitative estimate of drug-likeness (QED) is 0.423. The fourth-order valence-electron chi connectivity index (χ4n) is 2.39. The van der Waals surface area contributed by atoms with Crippen LogP contribution in [0, 0.1) is 6.92 Å². The minimum atomic E-state index is -0.357. The zero-order valence-corrected chi connectivity index (χ0v) is 16.2. The Hall–Kier alpha value is -2.80. The summed E-state index contributed by atoms with van der Waals surface area (Å²) in [6, 6.07) is 14.7. The number of ketones is 1. The van der Waals surface area contributed by atoms with Crippen LogP contribution in [-0.2, 0) is 6.61 Å². The van der Waals surface area contributed by atoms with Crippen molar-refractivity contribution in [1.82, 2.24) is 10.2 Å². The molecule has 0 saturated carbocycles. The van der Waals surface area contributed by atoms with E-state index in [1.807, 2.05) is 38.1 Å². The van der Waals surface area contributed by atoms with Crippen molar-refractivity contribution in [1.29, 1.82) is 0 Å². The molecule has 0 saturated heterocycles. The van der Waals surface area contributed by atoms with Gasteiger partial charge in [-0.1, -0.05) is 23.9 Å². The average molecular weight is 384 g/mol. The number of benzene rings is 2. The van der Waals surface area contributed by atoms with Gasteiger partial charge in [-0.2, -0.15) is 0 Å². The summed E-state index contributed by atoms with van der Waals surface area (Å²) >= 11 is 1.22. The molecule has 0 aliphatic carbocycles. The van der Waals surface area contributed by atoms with E-state index in [0.29, 0.717) is 22.4 Å². The van der Waals surface area contributed by atoms with Crippen LogP contribution in [0.25, 0.3) is 0 Å². The Balaban J connectivity index is 1.56. The number of Topliss-reactive ketones (excluding diaryl/α,β-unsaturated/α-hetero) is 1. The van der Waals surface area contributed by atoms with E-state index < -0.39 is 0 Å². The molecule has 7 heteroatoms. The SMILES string of the molecule is COc1ccc(C(=O)C(C)Sc2nnc(COc3cccc(C)c3)o2)cc1. The summed E-state index contributed by atoms with van der Waals surface area (Å²) < 4.78 is 16.3. The lowest BCUT2D eigenvalue weighted by Crippen LogP contribution is -2.13. The molecule has 1 unspecified atom stereocenters. The summed E-state index contributed by atoms with van der Waals surface area (Å²) in [4.78, 5) is 12.5. The number of hydrogen-bond acceptors (Lipinski definition) is 7. The van der Waals surface area contributed by atoms with Crippen molar-refractivity contribution in [3.63, 3.8) is 0 Å². The first kappa shape index (κ1) is 19.0. The molecule has 0 aliphatic heterocycles. The second-order valence-electron chi connectivity index (χ2n) is 5.92. The van der Waals surface area contributed by atoms with Crippen molar-refractivity contribution < 1.29 is 18.7 Å². The normalized spacial score (nSPS) is 11.8. The smallest absolute Gasteiger partial charge is 0.277 e. The molecule has 27 heavy (non-hydrogen) atoms. The topological polar surface area (TPSA) is 74.5 Å². The Labute approximate surface area is 161 Å². The highest BCUT2D eigenvalue weighted by atomic mass is 32.2. The van der Waals surface area contributed by atoms with E-state index in [1.165, 1.54) is 11.8 Å². The van der Waals surface area contributed by atoms with E-state index in [9.17, 15) is 4.79 Å². The number of carbonyl (C=O) groups excluding carboxylic acids is 1. The van der Waals surface area contributed by atoms with Crippen LogP contribution in [0.1, 0.15) is 28.7 Å². The predicted molar refractivity (Wildman–Crippen MR) is 102 cm³/mol. The van der Waals surface area contributed by atoms with Gasteiger partial charge in [0.15, 0.2) is 12.4 Å². The van der Waals surface area contributed by atoms with Crippen molar-refractivity contribution in [2.75, 3.05) is 7.11 Å². The second-order valence-corrected chi connectivity index (χ2v) is 7.21. The van der Waals surface area contributed by atoms with Gasteiger partial charge in [-0.3, -0.25) is 4.79 Å². The van der Waals surface area contributed by atoms with Crippen molar-refractivity contribution in [2.45, 2.75) is 30.9 Å². The van der Waals surface area contributed by atoms with Crippen LogP contribution in [0.4, 0.5) is 0 Å². The van der Waals surface area contributed by atoms with Gasteiger partial charge in [0.2, 0.25) is 0 Å². The molecule has 0 amide bonds. The van der Waals surface area contributed by atoms with Gasteiger partial charge < -0.3 is 13.9 Å². The highest BCUT2D eigenvalue weighted by Gasteiger charge is 2.20. The predicted octanol–water partition coefficient (Wildman–Crippen LogP) is 4.33. The highest BCUT2D eigenvalue weighted by molar-refractivity contribution is 8.00. The van der Waals surface area contributed by atoms with E-state index >= 15 is 0 Å². The number of ether oxygens (including phenoxy) is 2. The fourth-order valence-corrected chi connectivity index (χ4v) is 3.17. The molecular formula is C20H20N2O4S. The first-order valence-electron chi connectivity index (χ1n) is 8.42. The summed E-state index contributed by atoms with van der Waals surface area (Å²) in [5.41, 5.74) is 1.72. The second kappa shape index (κ2) is 8.73. The maximum absolute atomic E-state index is 12.5. The minimum Gasteiger partial charge on any atom is -0.497 e. The van der Waals surface area contributed by atoms with Gasteiger partial charge >= 0.3 is 0 Å². The van der Waals surface area contributed by atoms with Crippen LogP contribution in [0.3, 0.4) is 0 Å². The molecule has 0 bridgehead atoms. The zero-order chi connectivity index (χ0) is 19.2. The van der Waals surface area contributed by atoms with Crippen molar-refractivity contribution in [3.8, 4) is 11.5 Å². The van der Waals surface area contributed by atoms with Crippen LogP contribution in [0.2, 0.25) is 0 Å². The van der Waals surface area contributed by atoms with Crippen LogP contribution in [0.15, 0.2) is 58.2 Å². The number of hydrogen-bond donors (Lipinski definition) is 0. The molecule has 1 heterocycles. The number of carbonyl (C=O) groups is 1. The van der Waals surface area contributed by atoms with Crippen molar-refractivity contribution in [2.24, 2.45) is 0 Å². The largest absolute Gasteiger partial charge is 0.497 e. The number of methoxy groups -OCH3 is 1. The lowest BCUT2D eigenvalue weighted by Gasteiger charge is -2.08. The van der Waals surface area contributed by atoms with Gasteiger partial charge in [0.05, 0.1) is 12.4 Å². The molecule has 0 aliphatic rings. The number of nitrogens with zero attached hydrogens (tertiary/aromatic N) is 2. The van der Waals surface area contributed by atoms with E-state index in [0.717, 1.165) is 11.3 Å². The Morgan fingerprint density at radius 3 is 2.63 bits per heavy atom. The molecule has 1 aromatic heterocycles. The van der Waals surface area contributed by atoms with Gasteiger partial charge in [-0.05, 0) is 55.8 Å². The van der Waals surface area contributed by atoms with Crippen molar-refractivity contribution in [3.05, 3.63) is 65.5 Å². The maximum Gasteiger partial charge on any atom is 0.277 e. The average Bonchev–Trinajstić information content (AvgIpc) is 3.13. The van der Waals surface area contributed by atoms with Crippen LogP contribution >= 0.6 is 11.8 Å². The molecule has 0 radical (unpaired) electrons. The molecular weight excluding hydrogens is 364 g/mol. The molecule has 2 aromatic carbocycles. The summed E-state index contributed by atoms with van der Waals surface area (Å²) in [6.45, 7) is 3.98. The third-order valence-corrected chi connectivity index (χ3v) is 4.76. The Bertz CT molecular complexity index is 908. The third-order valence-electron chi connectivity index (χ3n) is 3.82. The Morgan fingerprint density at radius 2 is 1.93 bits per heavy atom. The van der Waals surface area contributed by atoms with Gasteiger partial charge in [0.1, 0.15) is 11.5 Å². The first-order chi connectivity index (χ1) is 13.0. The van der Waals surface area contributed by atoms with Gasteiger partial charge in [-0.15, -0.1) is 10.2 Å². The van der Waals surface area contributed by atoms with Crippen LogP contribution in [0.5, 0.6) is 11.5 Å². The first-order valence-corrected chi connectivity index (χ1v) is 9.30. The van der Waals surface area contributed by atoms with E-state index in [2.05, 4.69) is 10.2 Å². The maximum atomic E-state index is 12.5. The minimum absolute atomic E-state index is 0.0154. The van der Waals surface area contributed by atoms with E-state index in [1.54, 1.807) is 31.4 Å². The monoisotopic (exact) mass is 384 g/mol. The highest BCUT2D eigenvalue weighted by Crippen LogP contribution is 2.25. The molecule has 1 atom stereocenters. The summed E-state index contributed by atoms with van der Waals surface area (Å²) in [5.74, 6) is 1.80. The number of aryl methyl sites for hydroxylation is 1. The molecule has 0 spiro atoms. The summed E-state index contributed by atoms with van der Waals surface area (Å²) in [7, 11) is 1.59. The summed E-state index contributed by atoms with van der Waals surface area (Å²) in [6.07, 6.45) is 0. The van der Waals surface area contributed by atoms with Crippen LogP contribution in [-0.4, -0.2) is 28.3 Å². The molecule has 6 nitrogen and oxygen atoms in total. The standard InChI is InChI=1S/C20H20N2O4S/c1-13-5-4-6-17(11-13)25-12-18-21-22-20(26-18)27-14(2)19(23)15-7-9-16(24-3)10-8-15/h4-11,14H,12H2,1-3H3. The fraction of sp³-hybridized carbons (Fsp3) is 0.250. The van der Waals surface area contributed by atoms with E-state index in [4.69, 9.17) is 13.9 Å². The third kappa shape index (κ3) is 5.10. The number of rotatable bonds is 8. The molecule has 3 aromatic rings. The molecule has 140 valence electrons. The summed E-state index contributed by atoms with van der Waals surface area (Å²) in [5, 5.41) is 7.94. The van der Waals surface area contributed by atoms with E-state index in [-0.39, 0.29) is 17.6 Å². The van der Waals surface area contributed by atoms with Gasteiger partial charge in [-0.25, -0.2) is 0 Å². The Morgan fingerprint density at radius 1 is 1.15 bits per heavy atom. The lowest BCUT2D eigenvalue weighted by atomic mass is 10.1. The van der Waals surface area contributed by atoms with Crippen molar-refractivity contribution >= 4 is 17.5 Å². The molecule has 3 rings (SSSR count). The van der Waals surface area contributed by atoms with Crippen LogP contribution < -0.4 is 9.47 Å². The number of aromatic nitrogens is 2.